The lowest BCUT2D eigenvalue weighted by Gasteiger charge is -2.16. The lowest BCUT2D eigenvalue weighted by Crippen LogP contribution is -2.30. The summed E-state index contributed by atoms with van der Waals surface area (Å²) in [6, 6.07) is 1.91. The lowest BCUT2D eigenvalue weighted by atomic mass is 10.0. The van der Waals surface area contributed by atoms with Crippen LogP contribution < -0.4 is 5.73 Å². The molecule has 1 saturated heterocycles. The van der Waals surface area contributed by atoms with Crippen LogP contribution in [-0.4, -0.2) is 43.4 Å². The van der Waals surface area contributed by atoms with Gasteiger partial charge in [-0.25, -0.2) is 15.0 Å². The highest BCUT2D eigenvalue weighted by molar-refractivity contribution is 5.81. The Labute approximate surface area is 108 Å². The summed E-state index contributed by atoms with van der Waals surface area (Å²) in [5.74, 6) is 0.316. The fraction of sp³-hybridized carbons (Fsp3) is 0.455. The van der Waals surface area contributed by atoms with Gasteiger partial charge in [-0.05, 0) is 0 Å². The largest absolute Gasteiger partial charge is 0.392 e. The highest BCUT2D eigenvalue weighted by Crippen LogP contribution is 2.34. The number of nitriles is 1. The number of aliphatic hydroxyl groups excluding tert-OH is 1. The molecule has 0 spiro atoms. The van der Waals surface area contributed by atoms with Crippen LogP contribution in [0.2, 0.25) is 0 Å². The molecule has 0 radical (unpaired) electrons. The summed E-state index contributed by atoms with van der Waals surface area (Å²) in [5.41, 5.74) is 5.72. The number of imidazole rings is 1. The Kier molecular flexibility index (Phi) is 2.58. The molecule has 3 N–H and O–H groups in total. The number of aromatic nitrogens is 4. The van der Waals surface area contributed by atoms with Gasteiger partial charge < -0.3 is 20.1 Å². The first kappa shape index (κ1) is 11.8. The van der Waals surface area contributed by atoms with Crippen LogP contribution in [0.15, 0.2) is 12.7 Å². The monoisotopic (exact) mass is 260 g/mol. The van der Waals surface area contributed by atoms with Gasteiger partial charge in [0.25, 0.3) is 0 Å². The third-order valence-corrected chi connectivity index (χ3v) is 3.36. The molecule has 98 valence electrons. The smallest absolute Gasteiger partial charge is 0.179 e. The van der Waals surface area contributed by atoms with E-state index in [9.17, 15) is 5.11 Å². The maximum absolute atomic E-state index is 9.27. The number of nitrogens with zero attached hydrogens (tertiary/aromatic N) is 5. The fourth-order valence-corrected chi connectivity index (χ4v) is 2.29. The third kappa shape index (κ3) is 1.71. The summed E-state index contributed by atoms with van der Waals surface area (Å²) in [6.07, 6.45) is 3.36. The van der Waals surface area contributed by atoms with Crippen molar-refractivity contribution in [1.29, 1.82) is 5.26 Å². The van der Waals surface area contributed by atoms with Gasteiger partial charge in [-0.1, -0.05) is 0 Å². The average Bonchev–Trinajstić information content (AvgIpc) is 3.03. The summed E-state index contributed by atoms with van der Waals surface area (Å²) in [7, 11) is 0. The normalized spacial score (nSPS) is 26.6. The zero-order valence-corrected chi connectivity index (χ0v) is 10.0. The van der Waals surface area contributed by atoms with Crippen LogP contribution in [-0.2, 0) is 4.74 Å². The van der Waals surface area contributed by atoms with Crippen LogP contribution in [0.25, 0.3) is 11.2 Å². The summed E-state index contributed by atoms with van der Waals surface area (Å²) in [4.78, 5) is 12.2. The van der Waals surface area contributed by atoms with E-state index in [1.807, 2.05) is 10.6 Å². The molecule has 0 aromatic carbocycles. The van der Waals surface area contributed by atoms with Gasteiger partial charge in [-0.3, -0.25) is 0 Å². The molecule has 0 unspecified atom stereocenters. The van der Waals surface area contributed by atoms with E-state index in [4.69, 9.17) is 15.7 Å². The molecule has 3 heterocycles. The van der Waals surface area contributed by atoms with E-state index < -0.39 is 5.60 Å². The highest BCUT2D eigenvalue weighted by Gasteiger charge is 2.41. The summed E-state index contributed by atoms with van der Waals surface area (Å²) < 4.78 is 7.23. The molecule has 2 atom stereocenters. The van der Waals surface area contributed by atoms with Gasteiger partial charge in [-0.2, -0.15) is 5.26 Å². The molecule has 0 bridgehead atoms. The molecule has 3 rings (SSSR count). The first-order valence-corrected chi connectivity index (χ1v) is 5.78. The second kappa shape index (κ2) is 4.15. The van der Waals surface area contributed by atoms with Crippen LogP contribution in [0, 0.1) is 11.3 Å². The third-order valence-electron chi connectivity index (χ3n) is 3.36. The van der Waals surface area contributed by atoms with E-state index >= 15 is 0 Å². The molecule has 1 fully saturated rings. The number of hydrogen-bond acceptors (Lipinski definition) is 7. The molecule has 1 aliphatic rings. The molecule has 8 nitrogen and oxygen atoms in total. The number of fused-ring (bicyclic) bond motifs is 1. The van der Waals surface area contributed by atoms with E-state index in [1.54, 1.807) is 6.33 Å². The van der Waals surface area contributed by atoms with Gasteiger partial charge in [0.1, 0.15) is 17.9 Å². The molecule has 2 aromatic heterocycles. The molecule has 8 heteroatoms. The maximum Gasteiger partial charge on any atom is 0.179 e. The van der Waals surface area contributed by atoms with E-state index in [1.165, 1.54) is 6.33 Å². The zero-order valence-electron chi connectivity index (χ0n) is 10.0. The maximum atomic E-state index is 9.27. The minimum Gasteiger partial charge on any atom is -0.392 e. The Hall–Kier alpha value is -2.24. The molecule has 1 aliphatic heterocycles. The Balaban J connectivity index is 1.99. The molecule has 19 heavy (non-hydrogen) atoms. The second-order valence-corrected chi connectivity index (χ2v) is 4.52. The van der Waals surface area contributed by atoms with Gasteiger partial charge >= 0.3 is 0 Å². The number of aliphatic hydroxyl groups is 1. The van der Waals surface area contributed by atoms with Crippen molar-refractivity contribution in [2.24, 2.45) is 0 Å². The van der Waals surface area contributed by atoms with E-state index in [0.717, 1.165) is 0 Å². The predicted molar refractivity (Wildman–Crippen MR) is 64.8 cm³/mol. The minimum absolute atomic E-state index is 0.105. The van der Waals surface area contributed by atoms with Gasteiger partial charge in [0.15, 0.2) is 17.1 Å². The lowest BCUT2D eigenvalue weighted by molar-refractivity contribution is 0.00415. The number of anilines is 1. The average molecular weight is 260 g/mol. The van der Waals surface area contributed by atoms with Crippen LogP contribution in [0.4, 0.5) is 5.82 Å². The second-order valence-electron chi connectivity index (χ2n) is 4.52. The number of rotatable bonds is 2. The van der Waals surface area contributed by atoms with Crippen LogP contribution in [0.3, 0.4) is 0 Å². The molecule has 0 aliphatic carbocycles. The first-order chi connectivity index (χ1) is 9.19. The van der Waals surface area contributed by atoms with Gasteiger partial charge in [-0.15, -0.1) is 0 Å². The number of nitrogen functional groups attached to an aromatic ring is 1. The van der Waals surface area contributed by atoms with Crippen molar-refractivity contribution in [1.82, 2.24) is 19.5 Å². The number of nitrogens with two attached hydrogens (primary N) is 1. The van der Waals surface area contributed by atoms with E-state index in [2.05, 4.69) is 15.0 Å². The quantitative estimate of drug-likeness (QED) is 0.754. The van der Waals surface area contributed by atoms with Crippen LogP contribution >= 0.6 is 0 Å². The van der Waals surface area contributed by atoms with Crippen molar-refractivity contribution >= 4 is 17.0 Å². The number of hydrogen-bond donors (Lipinski definition) is 2. The minimum atomic E-state index is -1.14. The molecule has 0 saturated carbocycles. The van der Waals surface area contributed by atoms with Crippen LogP contribution in [0.5, 0.6) is 0 Å². The molecule has 0 amide bonds. The zero-order chi connectivity index (χ0) is 13.5. The van der Waals surface area contributed by atoms with E-state index in [-0.39, 0.29) is 12.6 Å². The number of ether oxygens (including phenoxy) is 1. The predicted octanol–water partition coefficient (Wildman–Crippen LogP) is -0.375. The molecular formula is C11H12N6O2. The van der Waals surface area contributed by atoms with Crippen molar-refractivity contribution < 1.29 is 9.84 Å². The SMILES string of the molecule is N#C[C@]1(CO)C[C@@H](n2cnc3c(N)ncnc32)CO1. The van der Waals surface area contributed by atoms with Crippen LogP contribution in [0.1, 0.15) is 12.5 Å². The Morgan fingerprint density at radius 3 is 3.11 bits per heavy atom. The van der Waals surface area contributed by atoms with Gasteiger partial charge in [0.2, 0.25) is 0 Å². The van der Waals surface area contributed by atoms with Crippen molar-refractivity contribution in [2.45, 2.75) is 18.1 Å². The van der Waals surface area contributed by atoms with Crippen molar-refractivity contribution in [3.8, 4) is 6.07 Å². The van der Waals surface area contributed by atoms with Gasteiger partial charge in [0, 0.05) is 6.42 Å². The van der Waals surface area contributed by atoms with Crippen molar-refractivity contribution in [3.63, 3.8) is 0 Å². The fourth-order valence-electron chi connectivity index (χ4n) is 2.29. The standard InChI is InChI=1S/C11H12N6O2/c12-3-11(4-18)1-7(2-19-11)17-6-16-8-9(13)14-5-15-10(8)17/h5-7,18H,1-2,4H2,(H2,13,14,15)/t7-,11+/m1/s1. The van der Waals surface area contributed by atoms with E-state index in [0.29, 0.717) is 30.0 Å². The molecule has 2 aromatic rings. The Bertz CT molecular complexity index is 663. The van der Waals surface area contributed by atoms with Crippen molar-refractivity contribution in [3.05, 3.63) is 12.7 Å². The highest BCUT2D eigenvalue weighted by atomic mass is 16.5. The van der Waals surface area contributed by atoms with Crippen molar-refractivity contribution in [2.75, 3.05) is 18.9 Å². The summed E-state index contributed by atoms with van der Waals surface area (Å²) >= 11 is 0. The summed E-state index contributed by atoms with van der Waals surface area (Å²) in [5, 5.41) is 18.4. The molecular weight excluding hydrogens is 248 g/mol. The Morgan fingerprint density at radius 2 is 2.42 bits per heavy atom. The van der Waals surface area contributed by atoms with Gasteiger partial charge in [0.05, 0.1) is 25.6 Å². The topological polar surface area (TPSA) is 123 Å². The Morgan fingerprint density at radius 1 is 1.58 bits per heavy atom. The first-order valence-electron chi connectivity index (χ1n) is 5.78. The summed E-state index contributed by atoms with van der Waals surface area (Å²) in [6.45, 7) is -0.00671.